The zero-order valence-corrected chi connectivity index (χ0v) is 13.8. The maximum Gasteiger partial charge on any atom is 0.322 e. The maximum atomic E-state index is 11.9. The zero-order chi connectivity index (χ0) is 16.1. The highest BCUT2D eigenvalue weighted by atomic mass is 35.5. The fraction of sp³-hybridized carbons (Fsp3) is 0.133. The largest absolute Gasteiger partial charge is 0.471 e. The van der Waals surface area contributed by atoms with E-state index in [0.717, 1.165) is 0 Å². The lowest BCUT2D eigenvalue weighted by molar-refractivity contribution is 0.183. The molecule has 2 rings (SSSR count). The number of nitrogens with one attached hydrogen (secondary N) is 2. The van der Waals surface area contributed by atoms with Crippen molar-refractivity contribution in [3.05, 3.63) is 57.5 Å². The number of anilines is 1. The zero-order valence-electron chi connectivity index (χ0n) is 11.6. The van der Waals surface area contributed by atoms with Gasteiger partial charge in [-0.2, -0.15) is 0 Å². The van der Waals surface area contributed by atoms with Crippen LogP contribution in [0.25, 0.3) is 0 Å². The SMILES string of the molecule is CC(NC(=O)Nc1ccc(Cl)cc1Cl)Oc1ccc(Cl)cc1. The fourth-order valence-electron chi connectivity index (χ4n) is 1.68. The molecule has 7 heteroatoms. The normalized spacial score (nSPS) is 11.6. The first kappa shape index (κ1) is 16.7. The number of carbonyl (C=O) groups excluding carboxylic acids is 1. The quantitative estimate of drug-likeness (QED) is 0.738. The Kier molecular flexibility index (Phi) is 5.77. The first-order chi connectivity index (χ1) is 10.4. The Labute approximate surface area is 143 Å². The van der Waals surface area contributed by atoms with Gasteiger partial charge in [0.25, 0.3) is 0 Å². The third-order valence-electron chi connectivity index (χ3n) is 2.64. The maximum absolute atomic E-state index is 11.9. The van der Waals surface area contributed by atoms with Gasteiger partial charge in [0.1, 0.15) is 5.75 Å². The molecule has 116 valence electrons. The molecular formula is C15H13Cl3N2O2. The van der Waals surface area contributed by atoms with E-state index in [0.29, 0.717) is 26.5 Å². The number of rotatable bonds is 4. The van der Waals surface area contributed by atoms with Gasteiger partial charge in [-0.1, -0.05) is 34.8 Å². The smallest absolute Gasteiger partial charge is 0.322 e. The highest BCUT2D eigenvalue weighted by molar-refractivity contribution is 6.36. The standard InChI is InChI=1S/C15H13Cl3N2O2/c1-9(22-12-5-2-10(16)3-6-12)19-15(21)20-14-7-4-11(17)8-13(14)18/h2-9H,1H3,(H2,19,20,21). The van der Waals surface area contributed by atoms with Crippen LogP contribution in [0.4, 0.5) is 10.5 Å². The van der Waals surface area contributed by atoms with Gasteiger partial charge in [0.15, 0.2) is 6.23 Å². The van der Waals surface area contributed by atoms with Crippen molar-refractivity contribution in [1.29, 1.82) is 0 Å². The summed E-state index contributed by atoms with van der Waals surface area (Å²) in [6.07, 6.45) is -0.535. The Hall–Kier alpha value is -1.62. The van der Waals surface area contributed by atoms with E-state index >= 15 is 0 Å². The third kappa shape index (κ3) is 4.98. The van der Waals surface area contributed by atoms with Crippen LogP contribution in [0, 0.1) is 0 Å². The van der Waals surface area contributed by atoms with Gasteiger partial charge >= 0.3 is 6.03 Å². The molecule has 4 nitrogen and oxygen atoms in total. The number of benzene rings is 2. The lowest BCUT2D eigenvalue weighted by Gasteiger charge is -2.17. The number of amides is 2. The summed E-state index contributed by atoms with van der Waals surface area (Å²) < 4.78 is 5.54. The van der Waals surface area contributed by atoms with E-state index in [1.54, 1.807) is 49.4 Å². The van der Waals surface area contributed by atoms with Gasteiger partial charge < -0.3 is 15.4 Å². The van der Waals surface area contributed by atoms with Crippen LogP contribution in [0.15, 0.2) is 42.5 Å². The molecule has 0 radical (unpaired) electrons. The molecule has 2 aromatic carbocycles. The average molecular weight is 360 g/mol. The topological polar surface area (TPSA) is 50.4 Å². The minimum Gasteiger partial charge on any atom is -0.471 e. The van der Waals surface area contributed by atoms with E-state index in [9.17, 15) is 4.79 Å². The van der Waals surface area contributed by atoms with Crippen LogP contribution in [0.2, 0.25) is 15.1 Å². The summed E-state index contributed by atoms with van der Waals surface area (Å²) in [5.74, 6) is 0.599. The summed E-state index contributed by atoms with van der Waals surface area (Å²) in [7, 11) is 0. The Morgan fingerprint density at radius 1 is 1.05 bits per heavy atom. The van der Waals surface area contributed by atoms with E-state index in [-0.39, 0.29) is 0 Å². The second-order valence-electron chi connectivity index (χ2n) is 4.44. The molecule has 2 aromatic rings. The number of urea groups is 1. The predicted octanol–water partition coefficient (Wildman–Crippen LogP) is 5.19. The Morgan fingerprint density at radius 2 is 1.68 bits per heavy atom. The molecule has 0 fully saturated rings. The molecule has 22 heavy (non-hydrogen) atoms. The lowest BCUT2D eigenvalue weighted by Crippen LogP contribution is -2.39. The molecule has 0 spiro atoms. The molecule has 1 atom stereocenters. The monoisotopic (exact) mass is 358 g/mol. The summed E-state index contributed by atoms with van der Waals surface area (Å²) in [5.41, 5.74) is 0.460. The van der Waals surface area contributed by atoms with Crippen molar-refractivity contribution in [2.45, 2.75) is 13.2 Å². The van der Waals surface area contributed by atoms with Gasteiger partial charge in [-0.15, -0.1) is 0 Å². The second kappa shape index (κ2) is 7.58. The van der Waals surface area contributed by atoms with Gasteiger partial charge in [-0.25, -0.2) is 4.79 Å². The average Bonchev–Trinajstić information content (AvgIpc) is 2.44. The van der Waals surface area contributed by atoms with Crippen molar-refractivity contribution < 1.29 is 9.53 Å². The van der Waals surface area contributed by atoms with Crippen LogP contribution < -0.4 is 15.4 Å². The molecular weight excluding hydrogens is 347 g/mol. The van der Waals surface area contributed by atoms with Crippen LogP contribution in [-0.2, 0) is 0 Å². The molecule has 2 N–H and O–H groups in total. The first-order valence-electron chi connectivity index (χ1n) is 6.39. The summed E-state index contributed by atoms with van der Waals surface area (Å²) in [4.78, 5) is 11.9. The number of halogens is 3. The van der Waals surface area contributed by atoms with Gasteiger partial charge in [-0.3, -0.25) is 0 Å². The molecule has 2 amide bonds. The van der Waals surface area contributed by atoms with E-state index in [2.05, 4.69) is 10.6 Å². The summed E-state index contributed by atoms with van der Waals surface area (Å²) in [6, 6.07) is 11.2. The minimum absolute atomic E-state index is 0.355. The summed E-state index contributed by atoms with van der Waals surface area (Å²) in [6.45, 7) is 1.71. The second-order valence-corrected chi connectivity index (χ2v) is 5.72. The molecule has 0 bridgehead atoms. The molecule has 1 unspecified atom stereocenters. The summed E-state index contributed by atoms with van der Waals surface area (Å²) >= 11 is 17.6. The van der Waals surface area contributed by atoms with E-state index in [1.807, 2.05) is 0 Å². The van der Waals surface area contributed by atoms with Crippen molar-refractivity contribution >= 4 is 46.5 Å². The number of hydrogen-bond donors (Lipinski definition) is 2. The van der Waals surface area contributed by atoms with E-state index in [1.165, 1.54) is 0 Å². The van der Waals surface area contributed by atoms with Crippen molar-refractivity contribution in [2.75, 3.05) is 5.32 Å². The summed E-state index contributed by atoms with van der Waals surface area (Å²) in [5, 5.41) is 6.72. The van der Waals surface area contributed by atoms with Crippen LogP contribution >= 0.6 is 34.8 Å². The van der Waals surface area contributed by atoms with Crippen molar-refractivity contribution in [2.24, 2.45) is 0 Å². The number of hydrogen-bond acceptors (Lipinski definition) is 2. The number of ether oxygens (including phenoxy) is 1. The highest BCUT2D eigenvalue weighted by Crippen LogP contribution is 2.25. The fourth-order valence-corrected chi connectivity index (χ4v) is 2.26. The van der Waals surface area contributed by atoms with Gasteiger partial charge in [0.2, 0.25) is 0 Å². The predicted molar refractivity (Wildman–Crippen MR) is 90.2 cm³/mol. The molecule has 0 aliphatic rings. The molecule has 0 saturated carbocycles. The molecule has 0 aliphatic carbocycles. The van der Waals surface area contributed by atoms with Crippen LogP contribution in [0.1, 0.15) is 6.92 Å². The Balaban J connectivity index is 1.89. The van der Waals surface area contributed by atoms with Crippen molar-refractivity contribution in [3.63, 3.8) is 0 Å². The van der Waals surface area contributed by atoms with Gasteiger partial charge in [0, 0.05) is 10.0 Å². The number of carbonyl (C=O) groups is 1. The molecule has 0 aromatic heterocycles. The molecule has 0 heterocycles. The first-order valence-corrected chi connectivity index (χ1v) is 7.52. The lowest BCUT2D eigenvalue weighted by atomic mass is 10.3. The Morgan fingerprint density at radius 3 is 2.32 bits per heavy atom. The van der Waals surface area contributed by atoms with Gasteiger partial charge in [-0.05, 0) is 49.4 Å². The van der Waals surface area contributed by atoms with E-state index < -0.39 is 12.3 Å². The minimum atomic E-state index is -0.535. The highest BCUT2D eigenvalue weighted by Gasteiger charge is 2.10. The van der Waals surface area contributed by atoms with Gasteiger partial charge in [0.05, 0.1) is 10.7 Å². The van der Waals surface area contributed by atoms with Crippen molar-refractivity contribution in [3.8, 4) is 5.75 Å². The van der Waals surface area contributed by atoms with Crippen LogP contribution in [0.3, 0.4) is 0 Å². The van der Waals surface area contributed by atoms with Crippen LogP contribution in [0.5, 0.6) is 5.75 Å². The van der Waals surface area contributed by atoms with Crippen molar-refractivity contribution in [1.82, 2.24) is 5.32 Å². The van der Waals surface area contributed by atoms with Crippen LogP contribution in [-0.4, -0.2) is 12.3 Å². The van der Waals surface area contributed by atoms with E-state index in [4.69, 9.17) is 39.5 Å². The third-order valence-corrected chi connectivity index (χ3v) is 3.44. The Bertz CT molecular complexity index is 662. The molecule has 0 saturated heterocycles. The molecule has 0 aliphatic heterocycles.